The van der Waals surface area contributed by atoms with Gasteiger partial charge < -0.3 is 16.4 Å². The fourth-order valence-electron chi connectivity index (χ4n) is 2.05. The van der Waals surface area contributed by atoms with Crippen LogP contribution in [0.2, 0.25) is 0 Å². The zero-order chi connectivity index (χ0) is 18.5. The third kappa shape index (κ3) is 5.57. The molecular formula is C16H19ClF3N5O. The van der Waals surface area contributed by atoms with Crippen LogP contribution in [-0.4, -0.2) is 29.0 Å². The number of nitrogens with one attached hydrogen (secondary N) is 2. The van der Waals surface area contributed by atoms with E-state index in [1.807, 2.05) is 6.07 Å². The van der Waals surface area contributed by atoms with E-state index in [4.69, 9.17) is 5.73 Å². The Morgan fingerprint density at radius 3 is 2.42 bits per heavy atom. The molecule has 4 N–H and O–H groups in total. The molecule has 0 bridgehead atoms. The predicted molar refractivity (Wildman–Crippen MR) is 93.8 cm³/mol. The standard InChI is InChI=1S/C16H18F3N5O.ClH/c1-15(20,11-5-3-2-4-6-11)13(25)21-9-10-23-14-22-8-7-12(24-14)16(17,18)19;/h2-8H,9-10,20H2,1H3,(H,21,25)(H,22,23,24);1H. The Morgan fingerprint density at radius 2 is 1.81 bits per heavy atom. The molecule has 0 aliphatic rings. The minimum atomic E-state index is -4.54. The Balaban J connectivity index is 0.00000338. The molecule has 1 aromatic carbocycles. The number of aromatic nitrogens is 2. The molecule has 0 fully saturated rings. The van der Waals surface area contributed by atoms with E-state index >= 15 is 0 Å². The maximum absolute atomic E-state index is 12.6. The van der Waals surface area contributed by atoms with Crippen molar-refractivity contribution in [3.05, 3.63) is 53.9 Å². The molecule has 2 rings (SSSR count). The third-order valence-electron chi connectivity index (χ3n) is 3.48. The van der Waals surface area contributed by atoms with Gasteiger partial charge in [0.05, 0.1) is 0 Å². The number of hydrogen-bond donors (Lipinski definition) is 3. The number of benzene rings is 1. The van der Waals surface area contributed by atoms with Gasteiger partial charge in [-0.05, 0) is 18.6 Å². The van der Waals surface area contributed by atoms with E-state index in [1.54, 1.807) is 31.2 Å². The molecule has 6 nitrogen and oxygen atoms in total. The normalized spacial score (nSPS) is 13.3. The van der Waals surface area contributed by atoms with E-state index in [1.165, 1.54) is 0 Å². The van der Waals surface area contributed by atoms with Crippen LogP contribution >= 0.6 is 12.4 Å². The van der Waals surface area contributed by atoms with Crippen LogP contribution in [0.3, 0.4) is 0 Å². The van der Waals surface area contributed by atoms with Gasteiger partial charge in [-0.25, -0.2) is 9.97 Å². The summed E-state index contributed by atoms with van der Waals surface area (Å²) in [6.45, 7) is 1.89. The van der Waals surface area contributed by atoms with E-state index < -0.39 is 23.3 Å². The van der Waals surface area contributed by atoms with Crippen molar-refractivity contribution < 1.29 is 18.0 Å². The summed E-state index contributed by atoms with van der Waals surface area (Å²) in [4.78, 5) is 19.3. The number of carbonyl (C=O) groups is 1. The Morgan fingerprint density at radius 1 is 1.15 bits per heavy atom. The minimum Gasteiger partial charge on any atom is -0.352 e. The van der Waals surface area contributed by atoms with Crippen molar-refractivity contribution in [1.29, 1.82) is 0 Å². The van der Waals surface area contributed by atoms with E-state index in [0.29, 0.717) is 5.56 Å². The molecular weight excluding hydrogens is 371 g/mol. The number of amides is 1. The average Bonchev–Trinajstić information content (AvgIpc) is 2.59. The van der Waals surface area contributed by atoms with Crippen molar-refractivity contribution in [1.82, 2.24) is 15.3 Å². The lowest BCUT2D eigenvalue weighted by Gasteiger charge is -2.24. The topological polar surface area (TPSA) is 92.9 Å². The Hall–Kier alpha value is -2.39. The first-order valence-electron chi connectivity index (χ1n) is 7.48. The summed E-state index contributed by atoms with van der Waals surface area (Å²) in [7, 11) is 0. The maximum atomic E-state index is 12.6. The SMILES string of the molecule is CC(N)(C(=O)NCCNc1nccc(C(F)(F)F)n1)c1ccccc1.Cl. The molecule has 0 saturated heterocycles. The van der Waals surface area contributed by atoms with Crippen LogP contribution in [0.25, 0.3) is 0 Å². The van der Waals surface area contributed by atoms with Gasteiger partial charge in [-0.3, -0.25) is 4.79 Å². The van der Waals surface area contributed by atoms with Crippen LogP contribution in [0.5, 0.6) is 0 Å². The van der Waals surface area contributed by atoms with Crippen LogP contribution in [-0.2, 0) is 16.5 Å². The number of rotatable bonds is 6. The van der Waals surface area contributed by atoms with Crippen LogP contribution in [0.4, 0.5) is 19.1 Å². The van der Waals surface area contributed by atoms with Gasteiger partial charge >= 0.3 is 6.18 Å². The van der Waals surface area contributed by atoms with Gasteiger partial charge in [0.15, 0.2) is 0 Å². The number of alkyl halides is 3. The Bertz CT molecular complexity index is 725. The van der Waals surface area contributed by atoms with E-state index in [2.05, 4.69) is 20.6 Å². The second-order valence-corrected chi connectivity index (χ2v) is 5.51. The lowest BCUT2D eigenvalue weighted by molar-refractivity contribution is -0.141. The molecule has 1 amide bonds. The molecule has 1 unspecified atom stereocenters. The quantitative estimate of drug-likeness (QED) is 0.659. The second kappa shape index (κ2) is 8.81. The fraction of sp³-hybridized carbons (Fsp3) is 0.312. The Labute approximate surface area is 154 Å². The molecule has 0 aliphatic heterocycles. The first-order chi connectivity index (χ1) is 11.7. The zero-order valence-corrected chi connectivity index (χ0v) is 14.7. The average molecular weight is 390 g/mol. The molecule has 10 heteroatoms. The lowest BCUT2D eigenvalue weighted by atomic mass is 9.92. The third-order valence-corrected chi connectivity index (χ3v) is 3.48. The van der Waals surface area contributed by atoms with Gasteiger partial charge in [-0.15, -0.1) is 12.4 Å². The van der Waals surface area contributed by atoms with Crippen molar-refractivity contribution in [3.8, 4) is 0 Å². The van der Waals surface area contributed by atoms with Crippen molar-refractivity contribution >= 4 is 24.3 Å². The summed E-state index contributed by atoms with van der Waals surface area (Å²) in [5.74, 6) is -0.562. The highest BCUT2D eigenvalue weighted by Crippen LogP contribution is 2.27. The molecule has 0 aliphatic carbocycles. The molecule has 0 radical (unpaired) electrons. The largest absolute Gasteiger partial charge is 0.433 e. The number of anilines is 1. The molecule has 1 heterocycles. The zero-order valence-electron chi connectivity index (χ0n) is 13.9. The van der Waals surface area contributed by atoms with Crippen LogP contribution < -0.4 is 16.4 Å². The van der Waals surface area contributed by atoms with Gasteiger partial charge in [0.25, 0.3) is 0 Å². The highest BCUT2D eigenvalue weighted by Gasteiger charge is 2.33. The highest BCUT2D eigenvalue weighted by atomic mass is 35.5. The van der Waals surface area contributed by atoms with Gasteiger partial charge in [-0.1, -0.05) is 30.3 Å². The molecule has 2 aromatic rings. The lowest BCUT2D eigenvalue weighted by Crippen LogP contribution is -2.49. The van der Waals surface area contributed by atoms with Crippen molar-refractivity contribution in [2.45, 2.75) is 18.6 Å². The molecule has 142 valence electrons. The number of halogens is 4. The van der Waals surface area contributed by atoms with E-state index in [0.717, 1.165) is 12.3 Å². The van der Waals surface area contributed by atoms with E-state index in [9.17, 15) is 18.0 Å². The highest BCUT2D eigenvalue weighted by molar-refractivity contribution is 5.87. The molecule has 1 aromatic heterocycles. The van der Waals surface area contributed by atoms with Gasteiger partial charge in [0, 0.05) is 19.3 Å². The van der Waals surface area contributed by atoms with Crippen molar-refractivity contribution in [2.75, 3.05) is 18.4 Å². The van der Waals surface area contributed by atoms with Crippen LogP contribution in [0.15, 0.2) is 42.6 Å². The summed E-state index contributed by atoms with van der Waals surface area (Å²) >= 11 is 0. The second-order valence-electron chi connectivity index (χ2n) is 5.51. The summed E-state index contributed by atoms with van der Waals surface area (Å²) < 4.78 is 37.7. The first kappa shape index (κ1) is 21.7. The molecule has 26 heavy (non-hydrogen) atoms. The molecule has 0 spiro atoms. The number of nitrogens with two attached hydrogens (primary N) is 1. The van der Waals surface area contributed by atoms with Crippen molar-refractivity contribution in [2.24, 2.45) is 5.73 Å². The monoisotopic (exact) mass is 389 g/mol. The molecule has 1 atom stereocenters. The van der Waals surface area contributed by atoms with E-state index in [-0.39, 0.29) is 31.4 Å². The van der Waals surface area contributed by atoms with Gasteiger partial charge in [0.2, 0.25) is 11.9 Å². The van der Waals surface area contributed by atoms with Crippen LogP contribution in [0.1, 0.15) is 18.2 Å². The number of hydrogen-bond acceptors (Lipinski definition) is 5. The summed E-state index contributed by atoms with van der Waals surface area (Å²) in [6, 6.07) is 9.65. The molecule has 0 saturated carbocycles. The number of carbonyl (C=O) groups excluding carboxylic acids is 1. The summed E-state index contributed by atoms with van der Waals surface area (Å²) in [6.07, 6.45) is -3.52. The van der Waals surface area contributed by atoms with Gasteiger partial charge in [0.1, 0.15) is 11.2 Å². The van der Waals surface area contributed by atoms with Gasteiger partial charge in [-0.2, -0.15) is 13.2 Å². The maximum Gasteiger partial charge on any atom is 0.433 e. The Kier molecular flexibility index (Phi) is 7.34. The minimum absolute atomic E-state index is 0. The predicted octanol–water partition coefficient (Wildman–Crippen LogP) is 2.32. The van der Waals surface area contributed by atoms with Crippen LogP contribution in [0, 0.1) is 0 Å². The fourth-order valence-corrected chi connectivity index (χ4v) is 2.05. The first-order valence-corrected chi connectivity index (χ1v) is 7.48. The number of nitrogens with zero attached hydrogens (tertiary/aromatic N) is 2. The summed E-state index contributed by atoms with van der Waals surface area (Å²) in [5.41, 5.74) is 4.47. The smallest absolute Gasteiger partial charge is 0.352 e. The summed E-state index contributed by atoms with van der Waals surface area (Å²) in [5, 5.41) is 5.26. The van der Waals surface area contributed by atoms with Crippen molar-refractivity contribution in [3.63, 3.8) is 0 Å².